The summed E-state index contributed by atoms with van der Waals surface area (Å²) in [6, 6.07) is 11.4. The van der Waals surface area contributed by atoms with E-state index in [0.29, 0.717) is 56.6 Å². The summed E-state index contributed by atoms with van der Waals surface area (Å²) in [5, 5.41) is 6.66. The normalized spacial score (nSPS) is 18.2. The minimum absolute atomic E-state index is 0.0195. The van der Waals surface area contributed by atoms with E-state index in [4.69, 9.17) is 28.5 Å². The van der Waals surface area contributed by atoms with Gasteiger partial charge in [-0.05, 0) is 55.0 Å². The van der Waals surface area contributed by atoms with Crippen molar-refractivity contribution >= 4 is 40.9 Å². The molecule has 3 aliphatic rings. The van der Waals surface area contributed by atoms with Crippen LogP contribution >= 0.6 is 11.6 Å². The van der Waals surface area contributed by atoms with Crippen LogP contribution in [0, 0.1) is 12.3 Å². The molecule has 11 heteroatoms. The first-order chi connectivity index (χ1) is 22.6. The lowest BCUT2D eigenvalue weighted by molar-refractivity contribution is -0.142. The van der Waals surface area contributed by atoms with Crippen molar-refractivity contribution in [1.29, 1.82) is 0 Å². The standard InChI is InChI=1S/C36H43ClN6O4/c1-4-15-41(3)20-14-39-27-10-16-42(17-11-27)34(45)31(23-25-21-26(5-2)33(38)29(37)22-25)47-35(46)43-18-12-36(13-19-43)24-32(44)40-30-9-7-6-8-28(30)36/h2,4,6-9,14,20-22,27,31,39H,1,10-13,15-19,23-24,38H2,3H3,(H,40,44)/b20-14-/t31-/m1/s1. The van der Waals surface area contributed by atoms with E-state index in [9.17, 15) is 14.4 Å². The number of nitrogens with zero attached hydrogens (tertiary/aromatic N) is 3. The summed E-state index contributed by atoms with van der Waals surface area (Å²) >= 11 is 6.37. The average Bonchev–Trinajstić information content (AvgIpc) is 3.06. The predicted molar refractivity (Wildman–Crippen MR) is 185 cm³/mol. The van der Waals surface area contributed by atoms with Crippen LogP contribution in [0.5, 0.6) is 0 Å². The number of hydrogen-bond acceptors (Lipinski definition) is 7. The number of rotatable bonds is 9. The zero-order valence-corrected chi connectivity index (χ0v) is 27.6. The SMILES string of the molecule is C#Cc1cc(C[C@@H](OC(=O)N2CCC3(CC2)CC(=O)Nc2ccccc23)C(=O)N2CCC(N/C=C\N(C)CC=C)CC2)cc(Cl)c1N. The van der Waals surface area contributed by atoms with Gasteiger partial charge in [-0.3, -0.25) is 9.59 Å². The Morgan fingerprint density at radius 1 is 1.23 bits per heavy atom. The molecule has 47 heavy (non-hydrogen) atoms. The first kappa shape index (κ1) is 33.7. The van der Waals surface area contributed by atoms with Gasteiger partial charge in [-0.1, -0.05) is 41.8 Å². The van der Waals surface area contributed by atoms with Crippen LogP contribution in [0.2, 0.25) is 5.02 Å². The number of halogens is 1. The number of carbonyl (C=O) groups excluding carboxylic acids is 3. The number of terminal acetylenes is 1. The number of nitrogens with two attached hydrogens (primary N) is 1. The van der Waals surface area contributed by atoms with Crippen molar-refractivity contribution < 1.29 is 19.1 Å². The van der Waals surface area contributed by atoms with E-state index in [1.54, 1.807) is 21.9 Å². The Labute approximate surface area is 281 Å². The molecule has 4 N–H and O–H groups in total. The molecule has 2 aromatic rings. The summed E-state index contributed by atoms with van der Waals surface area (Å²) in [7, 11) is 1.97. The molecule has 1 spiro atoms. The summed E-state index contributed by atoms with van der Waals surface area (Å²) < 4.78 is 6.01. The Balaban J connectivity index is 1.27. The van der Waals surface area contributed by atoms with E-state index >= 15 is 0 Å². The van der Waals surface area contributed by atoms with Gasteiger partial charge in [-0.15, -0.1) is 13.0 Å². The van der Waals surface area contributed by atoms with E-state index in [0.717, 1.165) is 30.6 Å². The molecule has 0 unspecified atom stereocenters. The number of fused-ring (bicyclic) bond motifs is 2. The number of para-hydroxylation sites is 1. The predicted octanol–water partition coefficient (Wildman–Crippen LogP) is 4.50. The van der Waals surface area contributed by atoms with E-state index < -0.39 is 12.2 Å². The number of hydrogen-bond donors (Lipinski definition) is 3. The highest BCUT2D eigenvalue weighted by Gasteiger charge is 2.44. The maximum atomic E-state index is 14.0. The quantitative estimate of drug-likeness (QED) is 0.206. The van der Waals surface area contributed by atoms with Gasteiger partial charge in [-0.25, -0.2) is 4.79 Å². The fourth-order valence-corrected chi connectivity index (χ4v) is 7.00. The van der Waals surface area contributed by atoms with Crippen LogP contribution in [-0.4, -0.2) is 84.5 Å². The monoisotopic (exact) mass is 658 g/mol. The molecule has 2 saturated heterocycles. The summed E-state index contributed by atoms with van der Waals surface area (Å²) in [6.07, 6.45) is 12.9. The van der Waals surface area contributed by atoms with Gasteiger partial charge in [0.1, 0.15) is 0 Å². The first-order valence-corrected chi connectivity index (χ1v) is 16.4. The van der Waals surface area contributed by atoms with Crippen LogP contribution in [0.4, 0.5) is 16.2 Å². The van der Waals surface area contributed by atoms with Gasteiger partial charge in [0.05, 0.1) is 10.7 Å². The number of anilines is 2. The van der Waals surface area contributed by atoms with Crippen LogP contribution < -0.4 is 16.4 Å². The van der Waals surface area contributed by atoms with Gasteiger partial charge in [0, 0.05) is 87.7 Å². The van der Waals surface area contributed by atoms with Crippen LogP contribution in [0.15, 0.2) is 61.5 Å². The second kappa shape index (κ2) is 14.9. The highest BCUT2D eigenvalue weighted by Crippen LogP contribution is 2.45. The van der Waals surface area contributed by atoms with E-state index in [1.807, 2.05) is 48.6 Å². The molecule has 3 aliphatic heterocycles. The molecule has 2 aromatic carbocycles. The smallest absolute Gasteiger partial charge is 0.410 e. The second-order valence-electron chi connectivity index (χ2n) is 12.6. The van der Waals surface area contributed by atoms with Gasteiger partial charge < -0.3 is 35.8 Å². The minimum Gasteiger partial charge on any atom is -0.436 e. The molecule has 0 saturated carbocycles. The van der Waals surface area contributed by atoms with Gasteiger partial charge in [0.15, 0.2) is 6.10 Å². The zero-order valence-electron chi connectivity index (χ0n) is 26.8. The van der Waals surface area contributed by atoms with Crippen LogP contribution in [0.1, 0.15) is 48.8 Å². The minimum atomic E-state index is -1.08. The van der Waals surface area contributed by atoms with Crippen LogP contribution in [0.25, 0.3) is 0 Å². The maximum absolute atomic E-state index is 14.0. The summed E-state index contributed by atoms with van der Waals surface area (Å²) in [5.41, 5.74) is 8.98. The Morgan fingerprint density at radius 2 is 1.96 bits per heavy atom. The van der Waals surface area contributed by atoms with Gasteiger partial charge in [0.2, 0.25) is 5.91 Å². The molecule has 10 nitrogen and oxygen atoms in total. The largest absolute Gasteiger partial charge is 0.436 e. The molecular formula is C36H43ClN6O4. The molecule has 5 rings (SSSR count). The van der Waals surface area contributed by atoms with Crippen molar-refractivity contribution in [3.05, 3.63) is 83.2 Å². The molecule has 1 atom stereocenters. The van der Waals surface area contributed by atoms with Gasteiger partial charge in [0.25, 0.3) is 5.91 Å². The van der Waals surface area contributed by atoms with Crippen molar-refractivity contribution in [1.82, 2.24) is 20.0 Å². The maximum Gasteiger partial charge on any atom is 0.410 e. The molecule has 248 valence electrons. The van der Waals surface area contributed by atoms with Crippen molar-refractivity contribution in [2.45, 2.75) is 56.1 Å². The summed E-state index contributed by atoms with van der Waals surface area (Å²) in [6.45, 7) is 6.35. The van der Waals surface area contributed by atoms with Crippen LogP contribution in [0.3, 0.4) is 0 Å². The van der Waals surface area contributed by atoms with Crippen molar-refractivity contribution in [2.75, 3.05) is 50.8 Å². The molecule has 0 aromatic heterocycles. The lowest BCUT2D eigenvalue weighted by Gasteiger charge is -2.44. The fourth-order valence-electron chi connectivity index (χ4n) is 6.76. The van der Waals surface area contributed by atoms with E-state index in [-0.39, 0.29) is 40.4 Å². The number of nitrogen functional groups attached to an aromatic ring is 1. The summed E-state index contributed by atoms with van der Waals surface area (Å²) in [4.78, 5) is 45.6. The molecule has 0 aliphatic carbocycles. The van der Waals surface area contributed by atoms with E-state index in [2.05, 4.69) is 29.2 Å². The van der Waals surface area contributed by atoms with E-state index in [1.165, 1.54) is 0 Å². The Morgan fingerprint density at radius 3 is 2.66 bits per heavy atom. The van der Waals surface area contributed by atoms with Gasteiger partial charge in [-0.2, -0.15) is 0 Å². The number of benzene rings is 2. The molecular weight excluding hydrogens is 616 g/mol. The van der Waals surface area contributed by atoms with Crippen LogP contribution in [-0.2, 0) is 26.2 Å². The zero-order chi connectivity index (χ0) is 33.6. The number of carbonyl (C=O) groups is 3. The van der Waals surface area contributed by atoms with Crippen molar-refractivity contribution in [2.24, 2.45) is 0 Å². The Bertz CT molecular complexity index is 1570. The highest BCUT2D eigenvalue weighted by molar-refractivity contribution is 6.33. The molecule has 3 amide bonds. The Kier molecular flexibility index (Phi) is 10.7. The van der Waals surface area contributed by atoms with Crippen molar-refractivity contribution in [3.63, 3.8) is 0 Å². The molecule has 2 fully saturated rings. The highest BCUT2D eigenvalue weighted by atomic mass is 35.5. The lowest BCUT2D eigenvalue weighted by Crippen LogP contribution is -2.51. The molecule has 0 radical (unpaired) electrons. The first-order valence-electron chi connectivity index (χ1n) is 16.0. The topological polar surface area (TPSA) is 120 Å². The lowest BCUT2D eigenvalue weighted by atomic mass is 9.68. The van der Waals surface area contributed by atoms with Crippen molar-refractivity contribution in [3.8, 4) is 12.3 Å². The number of piperidine rings is 2. The fraction of sp³-hybridized carbons (Fsp3) is 0.417. The summed E-state index contributed by atoms with van der Waals surface area (Å²) in [5.74, 6) is 2.26. The number of ether oxygens (including phenoxy) is 1. The third-order valence-corrected chi connectivity index (χ3v) is 9.73. The second-order valence-corrected chi connectivity index (χ2v) is 13.0. The Hall–Kier alpha value is -4.62. The number of amides is 3. The number of nitrogens with one attached hydrogen (secondary N) is 2. The third kappa shape index (κ3) is 7.86. The average molecular weight is 659 g/mol. The molecule has 0 bridgehead atoms. The number of likely N-dealkylation sites (tertiary alicyclic amines) is 2. The third-order valence-electron chi connectivity index (χ3n) is 9.42. The van der Waals surface area contributed by atoms with Gasteiger partial charge >= 0.3 is 6.09 Å². The number of likely N-dealkylation sites (N-methyl/N-ethyl adjacent to an activating group) is 1. The molecule has 3 heterocycles.